The van der Waals surface area contributed by atoms with Crippen molar-refractivity contribution >= 4 is 46.8 Å². The summed E-state index contributed by atoms with van der Waals surface area (Å²) in [7, 11) is 0. The van der Waals surface area contributed by atoms with Gasteiger partial charge in [-0.05, 0) is 55.2 Å². The van der Waals surface area contributed by atoms with Crippen LogP contribution in [-0.4, -0.2) is 29.9 Å². The van der Waals surface area contributed by atoms with Gasteiger partial charge in [0.15, 0.2) is 0 Å². The number of nitrogens with one attached hydrogen (secondary N) is 2. The van der Waals surface area contributed by atoms with Gasteiger partial charge in [-0.2, -0.15) is 11.8 Å². The lowest BCUT2D eigenvalue weighted by molar-refractivity contribution is -0.123. The highest BCUT2D eigenvalue weighted by Crippen LogP contribution is 2.25. The van der Waals surface area contributed by atoms with E-state index in [-0.39, 0.29) is 17.9 Å². The molecule has 0 radical (unpaired) electrons. The molecule has 0 aliphatic rings. The molecule has 0 saturated carbocycles. The zero-order valence-electron chi connectivity index (χ0n) is 15.2. The van der Waals surface area contributed by atoms with Gasteiger partial charge in [0.1, 0.15) is 6.04 Å². The van der Waals surface area contributed by atoms with Crippen molar-refractivity contribution in [2.75, 3.05) is 12.0 Å². The summed E-state index contributed by atoms with van der Waals surface area (Å²) in [4.78, 5) is 25.2. The fraction of sp³-hybridized carbons (Fsp3) is 0.300. The number of rotatable bonds is 8. The van der Waals surface area contributed by atoms with E-state index in [4.69, 9.17) is 23.2 Å². The van der Waals surface area contributed by atoms with Crippen LogP contribution >= 0.6 is 35.0 Å². The Morgan fingerprint density at radius 3 is 2.37 bits per heavy atom. The van der Waals surface area contributed by atoms with E-state index in [1.807, 2.05) is 25.3 Å². The lowest BCUT2D eigenvalue weighted by Gasteiger charge is -2.22. The summed E-state index contributed by atoms with van der Waals surface area (Å²) < 4.78 is 0. The maximum Gasteiger partial charge on any atom is 0.251 e. The van der Waals surface area contributed by atoms with Crippen molar-refractivity contribution < 1.29 is 9.59 Å². The number of thioether (sulfide) groups is 1. The zero-order valence-corrected chi connectivity index (χ0v) is 17.5. The Hall–Kier alpha value is -1.69. The molecule has 2 amide bonds. The standard InChI is InChI=1S/C20H22Cl2N2O2S/c1-13(15-8-9-16(21)17(22)12-15)23-20(26)18(10-11-27-2)24-19(25)14-6-4-3-5-7-14/h3-9,12-13,18H,10-11H2,1-2H3,(H,23,26)(H,24,25). The first kappa shape index (κ1) is 21.6. The van der Waals surface area contributed by atoms with Gasteiger partial charge in [0.25, 0.3) is 5.91 Å². The van der Waals surface area contributed by atoms with Gasteiger partial charge < -0.3 is 10.6 Å². The van der Waals surface area contributed by atoms with E-state index in [1.54, 1.807) is 48.2 Å². The van der Waals surface area contributed by atoms with E-state index < -0.39 is 6.04 Å². The fourth-order valence-electron chi connectivity index (χ4n) is 2.51. The molecule has 144 valence electrons. The van der Waals surface area contributed by atoms with Crippen molar-refractivity contribution in [2.24, 2.45) is 0 Å². The largest absolute Gasteiger partial charge is 0.348 e. The molecule has 2 N–H and O–H groups in total. The highest BCUT2D eigenvalue weighted by Gasteiger charge is 2.23. The summed E-state index contributed by atoms with van der Waals surface area (Å²) in [6, 6.07) is 13.2. The van der Waals surface area contributed by atoms with Gasteiger partial charge in [0.2, 0.25) is 5.91 Å². The number of halogens is 2. The number of hydrogen-bond acceptors (Lipinski definition) is 3. The normalized spacial score (nSPS) is 12.9. The Morgan fingerprint density at radius 1 is 1.04 bits per heavy atom. The maximum absolute atomic E-state index is 12.8. The third-order valence-electron chi connectivity index (χ3n) is 4.07. The molecule has 0 spiro atoms. The van der Waals surface area contributed by atoms with Crippen LogP contribution in [-0.2, 0) is 4.79 Å². The molecular formula is C20H22Cl2N2O2S. The SMILES string of the molecule is CSCCC(NC(=O)c1ccccc1)C(=O)NC(C)c1ccc(Cl)c(Cl)c1. The highest BCUT2D eigenvalue weighted by atomic mass is 35.5. The monoisotopic (exact) mass is 424 g/mol. The minimum Gasteiger partial charge on any atom is -0.348 e. The summed E-state index contributed by atoms with van der Waals surface area (Å²) in [6.07, 6.45) is 2.51. The van der Waals surface area contributed by atoms with E-state index in [0.717, 1.165) is 11.3 Å². The third kappa shape index (κ3) is 6.45. The topological polar surface area (TPSA) is 58.2 Å². The molecule has 0 aliphatic carbocycles. The predicted octanol–water partition coefficient (Wildman–Crippen LogP) is 4.72. The lowest BCUT2D eigenvalue weighted by atomic mass is 10.1. The number of carbonyl (C=O) groups excluding carboxylic acids is 2. The lowest BCUT2D eigenvalue weighted by Crippen LogP contribution is -2.47. The van der Waals surface area contributed by atoms with Gasteiger partial charge in [-0.25, -0.2) is 0 Å². The van der Waals surface area contributed by atoms with Crippen molar-refractivity contribution in [3.05, 3.63) is 69.7 Å². The van der Waals surface area contributed by atoms with Gasteiger partial charge >= 0.3 is 0 Å². The average molecular weight is 425 g/mol. The molecule has 27 heavy (non-hydrogen) atoms. The van der Waals surface area contributed by atoms with Crippen LogP contribution in [0.2, 0.25) is 10.0 Å². The van der Waals surface area contributed by atoms with Gasteiger partial charge in [0, 0.05) is 5.56 Å². The molecule has 2 aromatic rings. The first-order valence-electron chi connectivity index (χ1n) is 8.52. The predicted molar refractivity (Wildman–Crippen MR) is 114 cm³/mol. The first-order chi connectivity index (χ1) is 12.9. The van der Waals surface area contributed by atoms with E-state index >= 15 is 0 Å². The molecule has 2 atom stereocenters. The van der Waals surface area contributed by atoms with E-state index in [9.17, 15) is 9.59 Å². The first-order valence-corrected chi connectivity index (χ1v) is 10.7. The van der Waals surface area contributed by atoms with Crippen LogP contribution in [0.1, 0.15) is 35.3 Å². The molecule has 2 rings (SSSR count). The summed E-state index contributed by atoms with van der Waals surface area (Å²) in [5.74, 6) is 0.264. The van der Waals surface area contributed by atoms with Crippen LogP contribution in [0.4, 0.5) is 0 Å². The van der Waals surface area contributed by atoms with Crippen molar-refractivity contribution in [3.63, 3.8) is 0 Å². The number of carbonyl (C=O) groups is 2. The van der Waals surface area contributed by atoms with Crippen LogP contribution < -0.4 is 10.6 Å². The maximum atomic E-state index is 12.8. The van der Waals surface area contributed by atoms with Crippen LogP contribution in [0.5, 0.6) is 0 Å². The average Bonchev–Trinajstić information content (AvgIpc) is 2.67. The molecule has 7 heteroatoms. The Balaban J connectivity index is 2.06. The molecule has 0 fully saturated rings. The van der Waals surface area contributed by atoms with Crippen LogP contribution in [0.15, 0.2) is 48.5 Å². The molecule has 0 bridgehead atoms. The van der Waals surface area contributed by atoms with Gasteiger partial charge in [-0.15, -0.1) is 0 Å². The molecule has 0 heterocycles. The van der Waals surface area contributed by atoms with Crippen LogP contribution in [0.3, 0.4) is 0 Å². The van der Waals surface area contributed by atoms with Crippen molar-refractivity contribution in [1.29, 1.82) is 0 Å². The summed E-state index contributed by atoms with van der Waals surface area (Å²) in [5.41, 5.74) is 1.37. The number of amides is 2. The van der Waals surface area contributed by atoms with Crippen molar-refractivity contribution in [1.82, 2.24) is 10.6 Å². The number of benzene rings is 2. The molecule has 0 saturated heterocycles. The summed E-state index contributed by atoms with van der Waals surface area (Å²) in [5, 5.41) is 6.68. The molecule has 2 unspecified atom stereocenters. The zero-order chi connectivity index (χ0) is 19.8. The van der Waals surface area contributed by atoms with Gasteiger partial charge in [0.05, 0.1) is 16.1 Å². The smallest absolute Gasteiger partial charge is 0.251 e. The molecule has 0 aromatic heterocycles. The molecule has 0 aliphatic heterocycles. The second-order valence-electron chi connectivity index (χ2n) is 6.08. The third-order valence-corrected chi connectivity index (χ3v) is 5.45. The minimum atomic E-state index is -0.615. The summed E-state index contributed by atoms with van der Waals surface area (Å²) in [6.45, 7) is 1.86. The van der Waals surface area contributed by atoms with E-state index in [0.29, 0.717) is 22.0 Å². The van der Waals surface area contributed by atoms with Gasteiger partial charge in [-0.1, -0.05) is 47.5 Å². The quantitative estimate of drug-likeness (QED) is 0.644. The minimum absolute atomic E-state index is 0.230. The number of hydrogen-bond donors (Lipinski definition) is 2. The van der Waals surface area contributed by atoms with Crippen molar-refractivity contribution in [2.45, 2.75) is 25.4 Å². The van der Waals surface area contributed by atoms with E-state index in [2.05, 4.69) is 10.6 Å². The fourth-order valence-corrected chi connectivity index (χ4v) is 3.29. The Bertz CT molecular complexity index is 787. The Kier molecular flexibility index (Phi) is 8.48. The molecular weight excluding hydrogens is 403 g/mol. The summed E-state index contributed by atoms with van der Waals surface area (Å²) >= 11 is 13.6. The van der Waals surface area contributed by atoms with Crippen molar-refractivity contribution in [3.8, 4) is 0 Å². The van der Waals surface area contributed by atoms with E-state index in [1.165, 1.54) is 0 Å². The van der Waals surface area contributed by atoms with Crippen LogP contribution in [0, 0.1) is 0 Å². The second kappa shape index (κ2) is 10.6. The Labute approximate surface area is 174 Å². The molecule has 2 aromatic carbocycles. The highest BCUT2D eigenvalue weighted by molar-refractivity contribution is 7.98. The second-order valence-corrected chi connectivity index (χ2v) is 7.88. The Morgan fingerprint density at radius 2 is 1.74 bits per heavy atom. The van der Waals surface area contributed by atoms with Gasteiger partial charge in [-0.3, -0.25) is 9.59 Å². The molecule has 4 nitrogen and oxygen atoms in total. The van der Waals surface area contributed by atoms with Crippen LogP contribution in [0.25, 0.3) is 0 Å².